The SMILES string of the molecule is CCOc1cccc([C@@H](N)CO)c1OCC. The van der Waals surface area contributed by atoms with Crippen LogP contribution in [0.25, 0.3) is 0 Å². The highest BCUT2D eigenvalue weighted by Gasteiger charge is 2.15. The second-order valence-electron chi connectivity index (χ2n) is 3.33. The Bertz CT molecular complexity index is 328. The molecule has 0 aromatic heterocycles. The van der Waals surface area contributed by atoms with E-state index in [-0.39, 0.29) is 6.61 Å². The zero-order chi connectivity index (χ0) is 12.0. The molecule has 0 aliphatic rings. The van der Waals surface area contributed by atoms with Gasteiger partial charge in [-0.25, -0.2) is 0 Å². The van der Waals surface area contributed by atoms with Crippen LogP contribution in [0.15, 0.2) is 18.2 Å². The number of aliphatic hydroxyl groups excluding tert-OH is 1. The predicted octanol–water partition coefficient (Wildman–Crippen LogP) is 1.48. The van der Waals surface area contributed by atoms with E-state index in [9.17, 15) is 0 Å². The summed E-state index contributed by atoms with van der Waals surface area (Å²) < 4.78 is 11.0. The lowest BCUT2D eigenvalue weighted by atomic mass is 10.1. The van der Waals surface area contributed by atoms with Crippen molar-refractivity contribution in [1.82, 2.24) is 0 Å². The topological polar surface area (TPSA) is 64.7 Å². The van der Waals surface area contributed by atoms with Crippen LogP contribution in [0.5, 0.6) is 11.5 Å². The van der Waals surface area contributed by atoms with Crippen LogP contribution in [-0.4, -0.2) is 24.9 Å². The fraction of sp³-hybridized carbons (Fsp3) is 0.500. The van der Waals surface area contributed by atoms with Gasteiger partial charge in [-0.3, -0.25) is 0 Å². The molecule has 0 unspecified atom stereocenters. The van der Waals surface area contributed by atoms with Gasteiger partial charge in [0.15, 0.2) is 11.5 Å². The molecule has 0 heterocycles. The Morgan fingerprint density at radius 3 is 2.50 bits per heavy atom. The third-order valence-corrected chi connectivity index (χ3v) is 2.19. The average molecular weight is 225 g/mol. The summed E-state index contributed by atoms with van der Waals surface area (Å²) >= 11 is 0. The maximum Gasteiger partial charge on any atom is 0.165 e. The van der Waals surface area contributed by atoms with Crippen LogP contribution >= 0.6 is 0 Å². The molecule has 90 valence electrons. The van der Waals surface area contributed by atoms with Crippen molar-refractivity contribution in [1.29, 1.82) is 0 Å². The van der Waals surface area contributed by atoms with Gasteiger partial charge in [0.25, 0.3) is 0 Å². The first kappa shape index (κ1) is 12.8. The van der Waals surface area contributed by atoms with E-state index in [2.05, 4.69) is 0 Å². The third kappa shape index (κ3) is 2.87. The van der Waals surface area contributed by atoms with Gasteiger partial charge in [-0.2, -0.15) is 0 Å². The van der Waals surface area contributed by atoms with E-state index in [1.807, 2.05) is 32.0 Å². The zero-order valence-electron chi connectivity index (χ0n) is 9.77. The van der Waals surface area contributed by atoms with Crippen LogP contribution in [0.3, 0.4) is 0 Å². The Kier molecular flexibility index (Phi) is 5.08. The summed E-state index contributed by atoms with van der Waals surface area (Å²) in [6.07, 6.45) is 0. The van der Waals surface area contributed by atoms with Gasteiger partial charge < -0.3 is 20.3 Å². The highest BCUT2D eigenvalue weighted by molar-refractivity contribution is 5.48. The van der Waals surface area contributed by atoms with Crippen molar-refractivity contribution in [3.8, 4) is 11.5 Å². The molecule has 1 aromatic carbocycles. The van der Waals surface area contributed by atoms with Crippen molar-refractivity contribution in [3.63, 3.8) is 0 Å². The number of ether oxygens (including phenoxy) is 2. The molecule has 4 heteroatoms. The lowest BCUT2D eigenvalue weighted by Crippen LogP contribution is -2.16. The number of nitrogens with two attached hydrogens (primary N) is 1. The van der Waals surface area contributed by atoms with E-state index < -0.39 is 6.04 Å². The van der Waals surface area contributed by atoms with Crippen LogP contribution in [-0.2, 0) is 0 Å². The lowest BCUT2D eigenvalue weighted by molar-refractivity contribution is 0.255. The summed E-state index contributed by atoms with van der Waals surface area (Å²) in [5.41, 5.74) is 6.58. The molecule has 0 saturated heterocycles. The van der Waals surface area contributed by atoms with Gasteiger partial charge in [-0.05, 0) is 19.9 Å². The first-order chi connectivity index (χ1) is 7.74. The molecule has 0 bridgehead atoms. The van der Waals surface area contributed by atoms with E-state index in [1.165, 1.54) is 0 Å². The van der Waals surface area contributed by atoms with Crippen LogP contribution in [0.1, 0.15) is 25.5 Å². The summed E-state index contributed by atoms with van der Waals surface area (Å²) in [4.78, 5) is 0. The Balaban J connectivity index is 3.09. The average Bonchev–Trinajstić information content (AvgIpc) is 2.31. The minimum atomic E-state index is -0.443. The molecule has 0 saturated carbocycles. The van der Waals surface area contributed by atoms with Gasteiger partial charge >= 0.3 is 0 Å². The molecule has 0 radical (unpaired) electrons. The van der Waals surface area contributed by atoms with E-state index >= 15 is 0 Å². The first-order valence-corrected chi connectivity index (χ1v) is 5.49. The van der Waals surface area contributed by atoms with E-state index in [0.717, 1.165) is 5.56 Å². The molecule has 0 aliphatic heterocycles. The normalized spacial score (nSPS) is 12.2. The molecule has 0 fully saturated rings. The van der Waals surface area contributed by atoms with Gasteiger partial charge in [-0.15, -0.1) is 0 Å². The molecular weight excluding hydrogens is 206 g/mol. The molecule has 1 rings (SSSR count). The molecular formula is C12H19NO3. The summed E-state index contributed by atoms with van der Waals surface area (Å²) in [6.45, 7) is 4.80. The second-order valence-corrected chi connectivity index (χ2v) is 3.33. The predicted molar refractivity (Wildman–Crippen MR) is 62.8 cm³/mol. The standard InChI is InChI=1S/C12H19NO3/c1-3-15-11-7-5-6-9(10(13)8-14)12(11)16-4-2/h5-7,10,14H,3-4,8,13H2,1-2H3/t10-/m0/s1. The Labute approximate surface area is 96.0 Å². The monoisotopic (exact) mass is 225 g/mol. The largest absolute Gasteiger partial charge is 0.490 e. The molecule has 16 heavy (non-hydrogen) atoms. The second kappa shape index (κ2) is 6.35. The highest BCUT2D eigenvalue weighted by Crippen LogP contribution is 2.34. The summed E-state index contributed by atoms with van der Waals surface area (Å²) in [6, 6.07) is 5.08. The maximum atomic E-state index is 9.08. The van der Waals surface area contributed by atoms with Crippen molar-refractivity contribution in [2.45, 2.75) is 19.9 Å². The van der Waals surface area contributed by atoms with E-state index in [0.29, 0.717) is 24.7 Å². The molecule has 0 spiro atoms. The fourth-order valence-corrected chi connectivity index (χ4v) is 1.49. The summed E-state index contributed by atoms with van der Waals surface area (Å²) in [5, 5.41) is 9.08. The minimum absolute atomic E-state index is 0.115. The molecule has 4 nitrogen and oxygen atoms in total. The van der Waals surface area contributed by atoms with Gasteiger partial charge in [-0.1, -0.05) is 12.1 Å². The first-order valence-electron chi connectivity index (χ1n) is 5.49. The van der Waals surface area contributed by atoms with Crippen LogP contribution in [0, 0.1) is 0 Å². The Morgan fingerprint density at radius 2 is 1.94 bits per heavy atom. The smallest absolute Gasteiger partial charge is 0.165 e. The van der Waals surface area contributed by atoms with Crippen molar-refractivity contribution >= 4 is 0 Å². The number of hydrogen-bond acceptors (Lipinski definition) is 4. The summed E-state index contributed by atoms with van der Waals surface area (Å²) in [5.74, 6) is 1.30. The molecule has 0 aliphatic carbocycles. The molecule has 0 amide bonds. The maximum absolute atomic E-state index is 9.08. The van der Waals surface area contributed by atoms with Gasteiger partial charge in [0.05, 0.1) is 25.9 Å². The number of para-hydroxylation sites is 1. The number of hydrogen-bond donors (Lipinski definition) is 2. The molecule has 1 aromatic rings. The van der Waals surface area contributed by atoms with Crippen molar-refractivity contribution in [2.75, 3.05) is 19.8 Å². The van der Waals surface area contributed by atoms with Gasteiger partial charge in [0.1, 0.15) is 0 Å². The minimum Gasteiger partial charge on any atom is -0.490 e. The van der Waals surface area contributed by atoms with Gasteiger partial charge in [0, 0.05) is 5.56 Å². The molecule has 3 N–H and O–H groups in total. The van der Waals surface area contributed by atoms with Crippen LogP contribution in [0.2, 0.25) is 0 Å². The van der Waals surface area contributed by atoms with Gasteiger partial charge in [0.2, 0.25) is 0 Å². The van der Waals surface area contributed by atoms with Crippen LogP contribution < -0.4 is 15.2 Å². The zero-order valence-corrected chi connectivity index (χ0v) is 9.77. The number of benzene rings is 1. The van der Waals surface area contributed by atoms with E-state index in [4.69, 9.17) is 20.3 Å². The lowest BCUT2D eigenvalue weighted by Gasteiger charge is -2.17. The number of aliphatic hydroxyl groups is 1. The fourth-order valence-electron chi connectivity index (χ4n) is 1.49. The molecule has 1 atom stereocenters. The quantitative estimate of drug-likeness (QED) is 0.769. The Morgan fingerprint density at radius 1 is 1.25 bits per heavy atom. The number of rotatable bonds is 6. The van der Waals surface area contributed by atoms with Crippen molar-refractivity contribution in [3.05, 3.63) is 23.8 Å². The van der Waals surface area contributed by atoms with Crippen molar-refractivity contribution < 1.29 is 14.6 Å². The third-order valence-electron chi connectivity index (χ3n) is 2.19. The van der Waals surface area contributed by atoms with Crippen LogP contribution in [0.4, 0.5) is 0 Å². The summed E-state index contributed by atoms with van der Waals surface area (Å²) in [7, 11) is 0. The Hall–Kier alpha value is -1.26. The van der Waals surface area contributed by atoms with Crippen molar-refractivity contribution in [2.24, 2.45) is 5.73 Å². The highest BCUT2D eigenvalue weighted by atomic mass is 16.5. The van der Waals surface area contributed by atoms with E-state index in [1.54, 1.807) is 0 Å².